The van der Waals surface area contributed by atoms with Crippen LogP contribution in [0.1, 0.15) is 64.7 Å². The molecule has 3 rings (SSSR count). The van der Waals surface area contributed by atoms with Crippen LogP contribution >= 0.6 is 0 Å². The monoisotopic (exact) mass is 204 g/mol. The summed E-state index contributed by atoms with van der Waals surface area (Å²) in [6.45, 7) is 2.34. The average molecular weight is 204 g/mol. The number of hydrogen-bond acceptors (Lipinski definition) is 0. The molecule has 3 aliphatic rings. The predicted octanol–water partition coefficient (Wildman–Crippen LogP) is 4.70. The molecule has 0 nitrogen and oxygen atoms in total. The first-order valence-corrected chi connectivity index (χ1v) is 7.06. The molecule has 0 amide bonds. The molecular weight excluding hydrogens is 180 g/mol. The van der Waals surface area contributed by atoms with Gasteiger partial charge in [-0.3, -0.25) is 0 Å². The van der Waals surface area contributed by atoms with Crippen LogP contribution in [0.3, 0.4) is 0 Å². The Hall–Kier alpha value is -0.260. The lowest BCUT2D eigenvalue weighted by Crippen LogP contribution is -2.27. The van der Waals surface area contributed by atoms with Crippen molar-refractivity contribution in [3.05, 3.63) is 11.1 Å². The quantitative estimate of drug-likeness (QED) is 0.572. The van der Waals surface area contributed by atoms with Crippen LogP contribution in [0.25, 0.3) is 0 Å². The maximum atomic E-state index is 2.34. The summed E-state index contributed by atoms with van der Waals surface area (Å²) in [6.07, 6.45) is 13.5. The highest BCUT2D eigenvalue weighted by Crippen LogP contribution is 2.50. The van der Waals surface area contributed by atoms with Crippen molar-refractivity contribution < 1.29 is 0 Å². The molecule has 0 heteroatoms. The van der Waals surface area contributed by atoms with E-state index >= 15 is 0 Å². The Kier molecular flexibility index (Phi) is 2.62. The van der Waals surface area contributed by atoms with Gasteiger partial charge in [0.15, 0.2) is 0 Å². The molecule has 0 aromatic carbocycles. The Labute approximate surface area is 94.1 Å². The van der Waals surface area contributed by atoms with E-state index in [1.807, 2.05) is 11.1 Å². The van der Waals surface area contributed by atoms with E-state index < -0.39 is 0 Å². The van der Waals surface area contributed by atoms with Gasteiger partial charge in [0.05, 0.1) is 0 Å². The minimum atomic E-state index is 1.05. The van der Waals surface area contributed by atoms with Crippen molar-refractivity contribution in [3.63, 3.8) is 0 Å². The SMILES string of the molecule is CCC1CC(=C2CC(C3CCCC3)C2)C1. The Balaban J connectivity index is 1.49. The summed E-state index contributed by atoms with van der Waals surface area (Å²) in [4.78, 5) is 0. The van der Waals surface area contributed by atoms with Gasteiger partial charge in [-0.1, -0.05) is 50.2 Å². The van der Waals surface area contributed by atoms with E-state index in [1.54, 1.807) is 12.8 Å². The summed E-state index contributed by atoms with van der Waals surface area (Å²) in [5.41, 5.74) is 3.76. The maximum Gasteiger partial charge on any atom is -0.0283 e. The molecule has 0 radical (unpaired) electrons. The van der Waals surface area contributed by atoms with Crippen molar-refractivity contribution in [3.8, 4) is 0 Å². The second-order valence-electron chi connectivity index (χ2n) is 6.10. The lowest BCUT2D eigenvalue weighted by molar-refractivity contribution is 0.261. The molecule has 0 aliphatic heterocycles. The first-order valence-electron chi connectivity index (χ1n) is 7.06. The second-order valence-corrected chi connectivity index (χ2v) is 6.10. The molecule has 0 bridgehead atoms. The Morgan fingerprint density at radius 2 is 1.47 bits per heavy atom. The molecule has 0 spiro atoms. The van der Waals surface area contributed by atoms with E-state index in [4.69, 9.17) is 0 Å². The number of allylic oxidation sites excluding steroid dienone is 2. The Morgan fingerprint density at radius 1 is 0.867 bits per heavy atom. The summed E-state index contributed by atoms with van der Waals surface area (Å²) in [6, 6.07) is 0. The highest BCUT2D eigenvalue weighted by atomic mass is 14.4. The van der Waals surface area contributed by atoms with Crippen molar-refractivity contribution >= 4 is 0 Å². The van der Waals surface area contributed by atoms with Crippen molar-refractivity contribution in [2.45, 2.75) is 64.7 Å². The van der Waals surface area contributed by atoms with Crippen molar-refractivity contribution in [2.24, 2.45) is 17.8 Å². The Morgan fingerprint density at radius 3 is 2.07 bits per heavy atom. The molecule has 0 saturated heterocycles. The van der Waals surface area contributed by atoms with Crippen LogP contribution in [0.2, 0.25) is 0 Å². The van der Waals surface area contributed by atoms with E-state index in [0.29, 0.717) is 0 Å². The molecule has 0 unspecified atom stereocenters. The number of hydrogen-bond donors (Lipinski definition) is 0. The van der Waals surface area contributed by atoms with Gasteiger partial charge >= 0.3 is 0 Å². The number of rotatable bonds is 2. The molecule has 15 heavy (non-hydrogen) atoms. The molecular formula is C15H24. The largest absolute Gasteiger partial charge is 0.0704 e. The third-order valence-corrected chi connectivity index (χ3v) is 5.23. The minimum Gasteiger partial charge on any atom is -0.0704 e. The summed E-state index contributed by atoms with van der Waals surface area (Å²) in [7, 11) is 0. The third kappa shape index (κ3) is 1.77. The van der Waals surface area contributed by atoms with E-state index in [2.05, 4.69) is 6.92 Å². The van der Waals surface area contributed by atoms with Crippen molar-refractivity contribution in [1.29, 1.82) is 0 Å². The zero-order valence-electron chi connectivity index (χ0n) is 10.1. The fourth-order valence-electron chi connectivity index (χ4n) is 3.84. The van der Waals surface area contributed by atoms with Crippen LogP contribution in [0.4, 0.5) is 0 Å². The summed E-state index contributed by atoms with van der Waals surface area (Å²) < 4.78 is 0. The highest BCUT2D eigenvalue weighted by Gasteiger charge is 2.36. The molecule has 0 atom stereocenters. The second kappa shape index (κ2) is 3.96. The molecule has 0 N–H and O–H groups in total. The molecule has 0 aromatic heterocycles. The molecule has 3 saturated carbocycles. The zero-order chi connectivity index (χ0) is 10.3. The molecule has 0 aromatic rings. The van der Waals surface area contributed by atoms with Gasteiger partial charge in [-0.2, -0.15) is 0 Å². The van der Waals surface area contributed by atoms with Gasteiger partial charge in [0.2, 0.25) is 0 Å². The third-order valence-electron chi connectivity index (χ3n) is 5.23. The first kappa shape index (κ1) is 9.93. The van der Waals surface area contributed by atoms with Crippen LogP contribution < -0.4 is 0 Å². The van der Waals surface area contributed by atoms with Crippen LogP contribution in [-0.2, 0) is 0 Å². The molecule has 0 heterocycles. The van der Waals surface area contributed by atoms with E-state index in [-0.39, 0.29) is 0 Å². The van der Waals surface area contributed by atoms with Gasteiger partial charge < -0.3 is 0 Å². The summed E-state index contributed by atoms with van der Waals surface area (Å²) in [5, 5.41) is 0. The van der Waals surface area contributed by atoms with Crippen LogP contribution in [0, 0.1) is 17.8 Å². The molecule has 84 valence electrons. The normalized spacial score (nSPS) is 36.6. The first-order chi connectivity index (χ1) is 7.36. The average Bonchev–Trinajstić information content (AvgIpc) is 2.58. The van der Waals surface area contributed by atoms with Crippen molar-refractivity contribution in [1.82, 2.24) is 0 Å². The topological polar surface area (TPSA) is 0 Å². The van der Waals surface area contributed by atoms with E-state index in [0.717, 1.165) is 17.8 Å². The van der Waals surface area contributed by atoms with Gasteiger partial charge in [-0.25, -0.2) is 0 Å². The predicted molar refractivity (Wildman–Crippen MR) is 64.7 cm³/mol. The van der Waals surface area contributed by atoms with Gasteiger partial charge in [-0.15, -0.1) is 0 Å². The van der Waals surface area contributed by atoms with E-state index in [1.165, 1.54) is 44.9 Å². The molecule has 3 fully saturated rings. The fraction of sp³-hybridized carbons (Fsp3) is 0.867. The summed E-state index contributed by atoms with van der Waals surface area (Å²) >= 11 is 0. The standard InChI is InChI=1S/C15H24/c1-2-11-7-13(8-11)15-9-14(10-15)12-5-3-4-6-12/h11-12,14H,2-10H2,1H3. The van der Waals surface area contributed by atoms with Crippen LogP contribution in [-0.4, -0.2) is 0 Å². The maximum absolute atomic E-state index is 2.34. The van der Waals surface area contributed by atoms with Gasteiger partial charge in [0, 0.05) is 0 Å². The lowest BCUT2D eigenvalue weighted by atomic mass is 9.65. The smallest absolute Gasteiger partial charge is 0.0283 e. The minimum absolute atomic E-state index is 1.05. The van der Waals surface area contributed by atoms with Crippen LogP contribution in [0.15, 0.2) is 11.1 Å². The zero-order valence-corrected chi connectivity index (χ0v) is 10.1. The fourth-order valence-corrected chi connectivity index (χ4v) is 3.84. The summed E-state index contributed by atoms with van der Waals surface area (Å²) in [5.74, 6) is 3.28. The van der Waals surface area contributed by atoms with Crippen molar-refractivity contribution in [2.75, 3.05) is 0 Å². The van der Waals surface area contributed by atoms with Gasteiger partial charge in [-0.05, 0) is 43.4 Å². The van der Waals surface area contributed by atoms with E-state index in [9.17, 15) is 0 Å². The van der Waals surface area contributed by atoms with Gasteiger partial charge in [0.1, 0.15) is 0 Å². The Bertz CT molecular complexity index is 252. The van der Waals surface area contributed by atoms with Crippen LogP contribution in [0.5, 0.6) is 0 Å². The highest BCUT2D eigenvalue weighted by molar-refractivity contribution is 5.27. The molecule has 3 aliphatic carbocycles. The lowest BCUT2D eigenvalue weighted by Gasteiger charge is -2.40. The van der Waals surface area contributed by atoms with Gasteiger partial charge in [0.25, 0.3) is 0 Å².